The molecule has 250 valence electrons. The Kier molecular flexibility index (Phi) is 10.2. The van der Waals surface area contributed by atoms with E-state index in [9.17, 15) is 19.1 Å². The number of amides is 2. The molecule has 12 heteroatoms. The summed E-state index contributed by atoms with van der Waals surface area (Å²) in [6.45, 7) is 2.70. The van der Waals surface area contributed by atoms with Crippen LogP contribution >= 0.6 is 0 Å². The molecule has 6 aromatic rings. The average molecular weight is 669 g/mol. The van der Waals surface area contributed by atoms with Crippen molar-refractivity contribution < 1.29 is 19.1 Å². The Balaban J connectivity index is 1.14. The molecule has 6 rings (SSSR count). The fourth-order valence-electron chi connectivity index (χ4n) is 4.76. The molecule has 0 spiro atoms. The summed E-state index contributed by atoms with van der Waals surface area (Å²) in [5, 5.41) is 24.9. The van der Waals surface area contributed by atoms with Crippen LogP contribution in [0.15, 0.2) is 121 Å². The van der Waals surface area contributed by atoms with Gasteiger partial charge in [0.15, 0.2) is 0 Å². The first-order chi connectivity index (χ1) is 24.3. The number of hydrogen-bond acceptors (Lipinski definition) is 9. The maximum Gasteiger partial charge on any atom is 0.251 e. The van der Waals surface area contributed by atoms with Gasteiger partial charge in [0, 0.05) is 41.3 Å². The molecule has 0 radical (unpaired) electrons. The SMILES string of the molecule is Cc1ccc(CNC(=O)c2ccc(Nc3nc(Nc4ccc(O)cc4)nc(Nc4ccc(C(=O)NCc5ccc(F)cc5)cc4)n3)cc2)cc1. The molecule has 2 amide bonds. The third kappa shape index (κ3) is 9.16. The second-order valence-corrected chi connectivity index (χ2v) is 11.4. The van der Waals surface area contributed by atoms with Gasteiger partial charge in [0.2, 0.25) is 17.8 Å². The minimum absolute atomic E-state index is 0.121. The summed E-state index contributed by atoms with van der Waals surface area (Å²) in [5.41, 5.74) is 5.80. The number of halogens is 1. The van der Waals surface area contributed by atoms with Crippen LogP contribution in [0, 0.1) is 12.7 Å². The molecule has 0 unspecified atom stereocenters. The molecule has 50 heavy (non-hydrogen) atoms. The molecular formula is C38H33FN8O3. The number of benzene rings is 5. The molecule has 11 nitrogen and oxygen atoms in total. The Morgan fingerprint density at radius 3 is 1.30 bits per heavy atom. The van der Waals surface area contributed by atoms with Crippen molar-refractivity contribution in [2.75, 3.05) is 16.0 Å². The molecule has 1 heterocycles. The van der Waals surface area contributed by atoms with E-state index in [2.05, 4.69) is 41.5 Å². The first-order valence-electron chi connectivity index (χ1n) is 15.7. The number of rotatable bonds is 12. The van der Waals surface area contributed by atoms with Crippen LogP contribution in [0.5, 0.6) is 5.75 Å². The summed E-state index contributed by atoms with van der Waals surface area (Å²) in [6.07, 6.45) is 0. The van der Waals surface area contributed by atoms with Crippen molar-refractivity contribution in [3.8, 4) is 5.75 Å². The number of carbonyl (C=O) groups excluding carboxylic acids is 2. The topological polar surface area (TPSA) is 153 Å². The van der Waals surface area contributed by atoms with Crippen molar-refractivity contribution in [1.82, 2.24) is 25.6 Å². The van der Waals surface area contributed by atoms with Crippen molar-refractivity contribution in [2.24, 2.45) is 0 Å². The number of anilines is 6. The second-order valence-electron chi connectivity index (χ2n) is 11.4. The Morgan fingerprint density at radius 1 is 0.540 bits per heavy atom. The number of carbonyl (C=O) groups is 2. The first kappa shape index (κ1) is 33.1. The second kappa shape index (κ2) is 15.4. The number of aromatic hydroxyl groups is 1. The van der Waals surface area contributed by atoms with Crippen LogP contribution in [0.2, 0.25) is 0 Å². The van der Waals surface area contributed by atoms with Gasteiger partial charge in [0.25, 0.3) is 11.8 Å². The third-order valence-electron chi connectivity index (χ3n) is 7.51. The van der Waals surface area contributed by atoms with Gasteiger partial charge in [0.1, 0.15) is 11.6 Å². The zero-order valence-electron chi connectivity index (χ0n) is 26.9. The van der Waals surface area contributed by atoms with Gasteiger partial charge in [0.05, 0.1) is 0 Å². The number of phenols is 1. The summed E-state index contributed by atoms with van der Waals surface area (Å²) in [6, 6.07) is 34.1. The van der Waals surface area contributed by atoms with Crippen LogP contribution in [-0.2, 0) is 13.1 Å². The van der Waals surface area contributed by atoms with Gasteiger partial charge in [-0.1, -0.05) is 42.0 Å². The maximum atomic E-state index is 13.2. The van der Waals surface area contributed by atoms with Crippen LogP contribution in [-0.4, -0.2) is 31.9 Å². The highest BCUT2D eigenvalue weighted by Gasteiger charge is 2.11. The van der Waals surface area contributed by atoms with Crippen LogP contribution < -0.4 is 26.6 Å². The molecule has 6 N–H and O–H groups in total. The van der Waals surface area contributed by atoms with Crippen molar-refractivity contribution >= 4 is 46.7 Å². The monoisotopic (exact) mass is 668 g/mol. The number of hydrogen-bond donors (Lipinski definition) is 6. The number of aryl methyl sites for hydroxylation is 1. The number of phenolic OH excluding ortho intramolecular Hbond substituents is 1. The molecule has 0 aliphatic heterocycles. The lowest BCUT2D eigenvalue weighted by atomic mass is 10.1. The molecule has 5 aromatic carbocycles. The van der Waals surface area contributed by atoms with Crippen LogP contribution in [0.3, 0.4) is 0 Å². The smallest absolute Gasteiger partial charge is 0.251 e. The largest absolute Gasteiger partial charge is 0.508 e. The summed E-state index contributed by atoms with van der Waals surface area (Å²) >= 11 is 0. The van der Waals surface area contributed by atoms with E-state index in [1.807, 2.05) is 31.2 Å². The van der Waals surface area contributed by atoms with Crippen molar-refractivity contribution in [3.63, 3.8) is 0 Å². The highest BCUT2D eigenvalue weighted by atomic mass is 19.1. The predicted octanol–water partition coefficient (Wildman–Crippen LogP) is 7.12. The Bertz CT molecular complexity index is 1950. The van der Waals surface area contributed by atoms with E-state index in [0.717, 1.165) is 16.7 Å². The van der Waals surface area contributed by atoms with Crippen LogP contribution in [0.25, 0.3) is 0 Å². The van der Waals surface area contributed by atoms with Gasteiger partial charge in [-0.25, -0.2) is 4.39 Å². The van der Waals surface area contributed by atoms with Gasteiger partial charge >= 0.3 is 0 Å². The van der Waals surface area contributed by atoms with E-state index in [1.54, 1.807) is 72.8 Å². The quantitative estimate of drug-likeness (QED) is 0.0749. The van der Waals surface area contributed by atoms with Crippen molar-refractivity contribution in [3.05, 3.63) is 155 Å². The van der Waals surface area contributed by atoms with E-state index in [4.69, 9.17) is 0 Å². The molecule has 0 bridgehead atoms. The van der Waals surface area contributed by atoms with Crippen LogP contribution in [0.1, 0.15) is 37.4 Å². The minimum atomic E-state index is -0.336. The fraction of sp³-hybridized carbons (Fsp3) is 0.0789. The highest BCUT2D eigenvalue weighted by Crippen LogP contribution is 2.23. The lowest BCUT2D eigenvalue weighted by Gasteiger charge is -2.12. The molecule has 0 saturated carbocycles. The number of nitrogens with one attached hydrogen (secondary N) is 5. The lowest BCUT2D eigenvalue weighted by Crippen LogP contribution is -2.22. The first-order valence-corrected chi connectivity index (χ1v) is 15.7. The van der Waals surface area contributed by atoms with E-state index < -0.39 is 0 Å². The molecule has 1 aromatic heterocycles. The maximum absolute atomic E-state index is 13.2. The zero-order valence-corrected chi connectivity index (χ0v) is 26.9. The normalized spacial score (nSPS) is 10.6. The van der Waals surface area contributed by atoms with E-state index >= 15 is 0 Å². The fourth-order valence-corrected chi connectivity index (χ4v) is 4.76. The third-order valence-corrected chi connectivity index (χ3v) is 7.51. The van der Waals surface area contributed by atoms with Gasteiger partial charge in [-0.3, -0.25) is 9.59 Å². The molecule has 0 aliphatic carbocycles. The zero-order chi connectivity index (χ0) is 34.9. The Labute approximate surface area is 287 Å². The van der Waals surface area contributed by atoms with Gasteiger partial charge in [-0.15, -0.1) is 0 Å². The van der Waals surface area contributed by atoms with Gasteiger partial charge < -0.3 is 31.7 Å². The molecule has 0 atom stereocenters. The van der Waals surface area contributed by atoms with Crippen molar-refractivity contribution in [2.45, 2.75) is 20.0 Å². The lowest BCUT2D eigenvalue weighted by molar-refractivity contribution is 0.0943. The standard InChI is InChI=1S/C38H33FN8O3/c1-24-2-4-25(5-3-24)22-40-34(49)27-8-14-30(15-9-27)42-36-45-37(47-38(46-36)44-32-18-20-33(48)21-19-32)43-31-16-10-28(11-17-31)35(50)41-23-26-6-12-29(39)13-7-26/h2-21,48H,22-23H2,1H3,(H,40,49)(H,41,50)(H3,42,43,44,45,46,47). The van der Waals surface area contributed by atoms with Gasteiger partial charge in [-0.2, -0.15) is 15.0 Å². The number of aromatic nitrogens is 3. The van der Waals surface area contributed by atoms with E-state index in [1.165, 1.54) is 24.3 Å². The minimum Gasteiger partial charge on any atom is -0.508 e. The summed E-state index contributed by atoms with van der Waals surface area (Å²) in [4.78, 5) is 38.9. The number of nitrogens with zero attached hydrogens (tertiary/aromatic N) is 3. The molecule has 0 aliphatic rings. The summed E-state index contributed by atoms with van der Waals surface area (Å²) < 4.78 is 13.2. The van der Waals surface area contributed by atoms with E-state index in [0.29, 0.717) is 34.7 Å². The van der Waals surface area contributed by atoms with Crippen molar-refractivity contribution in [1.29, 1.82) is 0 Å². The van der Waals surface area contributed by atoms with Gasteiger partial charge in [-0.05, 0) is 103 Å². The Morgan fingerprint density at radius 2 is 0.900 bits per heavy atom. The van der Waals surface area contributed by atoms with E-state index in [-0.39, 0.29) is 47.8 Å². The highest BCUT2D eigenvalue weighted by molar-refractivity contribution is 5.95. The summed E-state index contributed by atoms with van der Waals surface area (Å²) in [5.74, 6) is -0.0301. The average Bonchev–Trinajstić information content (AvgIpc) is 3.12. The molecular weight excluding hydrogens is 635 g/mol. The Hall–Kier alpha value is -6.82. The van der Waals surface area contributed by atoms with Crippen LogP contribution in [0.4, 0.5) is 39.3 Å². The molecule has 0 saturated heterocycles. The predicted molar refractivity (Wildman–Crippen MR) is 191 cm³/mol. The summed E-state index contributed by atoms with van der Waals surface area (Å²) in [7, 11) is 0. The molecule has 0 fully saturated rings.